The first-order valence-electron chi connectivity index (χ1n) is 6.48. The van der Waals surface area contributed by atoms with E-state index in [1.807, 2.05) is 27.7 Å². The van der Waals surface area contributed by atoms with Crippen molar-refractivity contribution >= 4 is 13.2 Å². The Morgan fingerprint density at radius 3 is 2.35 bits per heavy atom. The molecule has 6 heteroatoms. The third-order valence-corrected chi connectivity index (χ3v) is 3.77. The Morgan fingerprint density at radius 2 is 1.85 bits per heavy atom. The lowest BCUT2D eigenvalue weighted by Gasteiger charge is -2.32. The van der Waals surface area contributed by atoms with Gasteiger partial charge in [0.2, 0.25) is 5.88 Å². The van der Waals surface area contributed by atoms with Crippen LogP contribution >= 0.6 is 0 Å². The van der Waals surface area contributed by atoms with Crippen molar-refractivity contribution in [2.75, 3.05) is 7.11 Å². The standard InChI is InChI=1S/C14H19BFNO3/c1-13(2)14(3,4)20-15(19-13)7-6-10-9-17-12(18-5)8-11(10)16/h6-9H,1-5H3/b7-6+. The van der Waals surface area contributed by atoms with Gasteiger partial charge in [0.1, 0.15) is 5.82 Å². The van der Waals surface area contributed by atoms with Crippen LogP contribution in [0.25, 0.3) is 6.08 Å². The molecular formula is C14H19BFNO3. The van der Waals surface area contributed by atoms with Gasteiger partial charge in [0.15, 0.2) is 0 Å². The van der Waals surface area contributed by atoms with E-state index in [0.717, 1.165) is 0 Å². The van der Waals surface area contributed by atoms with E-state index in [-0.39, 0.29) is 5.88 Å². The topological polar surface area (TPSA) is 40.6 Å². The van der Waals surface area contributed by atoms with Crippen molar-refractivity contribution < 1.29 is 18.4 Å². The van der Waals surface area contributed by atoms with Gasteiger partial charge in [-0.05, 0) is 27.7 Å². The van der Waals surface area contributed by atoms with Crippen molar-refractivity contribution in [2.24, 2.45) is 0 Å². The summed E-state index contributed by atoms with van der Waals surface area (Å²) in [6.07, 6.45) is 3.01. The van der Waals surface area contributed by atoms with Gasteiger partial charge in [0.05, 0.1) is 18.3 Å². The Hall–Kier alpha value is -1.40. The van der Waals surface area contributed by atoms with Crippen molar-refractivity contribution in [3.8, 4) is 5.88 Å². The average molecular weight is 279 g/mol. The number of nitrogens with zero attached hydrogens (tertiary/aromatic N) is 1. The molecule has 0 atom stereocenters. The molecule has 0 N–H and O–H groups in total. The molecule has 0 aliphatic carbocycles. The van der Waals surface area contributed by atoms with Gasteiger partial charge in [-0.15, -0.1) is 0 Å². The van der Waals surface area contributed by atoms with Crippen LogP contribution in [0.4, 0.5) is 4.39 Å². The van der Waals surface area contributed by atoms with Gasteiger partial charge in [-0.2, -0.15) is 0 Å². The number of methoxy groups -OCH3 is 1. The summed E-state index contributed by atoms with van der Waals surface area (Å²) in [6, 6.07) is 1.24. The molecule has 0 aromatic carbocycles. The molecule has 0 radical (unpaired) electrons. The summed E-state index contributed by atoms with van der Waals surface area (Å²) in [5, 5.41) is 0. The van der Waals surface area contributed by atoms with Crippen LogP contribution in [-0.4, -0.2) is 30.4 Å². The first-order valence-corrected chi connectivity index (χ1v) is 6.48. The monoisotopic (exact) mass is 279 g/mol. The maximum atomic E-state index is 13.8. The fraction of sp³-hybridized carbons (Fsp3) is 0.500. The molecule has 2 rings (SSSR count). The van der Waals surface area contributed by atoms with Crippen LogP contribution in [0.1, 0.15) is 33.3 Å². The first kappa shape index (κ1) is 15.0. The van der Waals surface area contributed by atoms with Crippen LogP contribution in [0.15, 0.2) is 18.2 Å². The highest BCUT2D eigenvalue weighted by Crippen LogP contribution is 2.37. The second-order valence-corrected chi connectivity index (χ2v) is 5.73. The Balaban J connectivity index is 2.12. The molecule has 4 nitrogen and oxygen atoms in total. The van der Waals surface area contributed by atoms with E-state index in [9.17, 15) is 4.39 Å². The Morgan fingerprint density at radius 1 is 1.25 bits per heavy atom. The fourth-order valence-corrected chi connectivity index (χ4v) is 1.81. The molecular weight excluding hydrogens is 260 g/mol. The minimum absolute atomic E-state index is 0.246. The predicted octanol–water partition coefficient (Wildman–Crippen LogP) is 2.87. The SMILES string of the molecule is COc1cc(F)c(/C=C/B2OC(C)(C)C(C)(C)O2)cn1. The van der Waals surface area contributed by atoms with Crippen LogP contribution in [0.3, 0.4) is 0 Å². The zero-order valence-electron chi connectivity index (χ0n) is 12.4. The van der Waals surface area contributed by atoms with Crippen LogP contribution in [0.5, 0.6) is 5.88 Å². The largest absolute Gasteiger partial charge is 0.487 e. The van der Waals surface area contributed by atoms with E-state index >= 15 is 0 Å². The van der Waals surface area contributed by atoms with E-state index in [2.05, 4.69) is 4.98 Å². The van der Waals surface area contributed by atoms with Crippen LogP contribution in [0, 0.1) is 5.82 Å². The molecule has 108 valence electrons. The Labute approximate surface area is 119 Å². The van der Waals surface area contributed by atoms with E-state index in [1.54, 1.807) is 12.1 Å². The normalized spacial score (nSPS) is 20.6. The Kier molecular flexibility index (Phi) is 3.89. The smallest absolute Gasteiger partial charge is 0.481 e. The third-order valence-electron chi connectivity index (χ3n) is 3.77. The van der Waals surface area contributed by atoms with Gasteiger partial charge in [-0.1, -0.05) is 12.1 Å². The highest BCUT2D eigenvalue weighted by atomic mass is 19.1. The number of aromatic nitrogens is 1. The second kappa shape index (κ2) is 5.18. The van der Waals surface area contributed by atoms with Crippen molar-refractivity contribution in [1.82, 2.24) is 4.98 Å². The number of rotatable bonds is 3. The first-order chi connectivity index (χ1) is 9.25. The fourth-order valence-electron chi connectivity index (χ4n) is 1.81. The molecule has 0 amide bonds. The zero-order chi connectivity index (χ0) is 15.0. The molecule has 1 saturated heterocycles. The molecule has 20 heavy (non-hydrogen) atoms. The number of halogens is 1. The van der Waals surface area contributed by atoms with Gasteiger partial charge in [-0.3, -0.25) is 0 Å². The summed E-state index contributed by atoms with van der Waals surface area (Å²) >= 11 is 0. The summed E-state index contributed by atoms with van der Waals surface area (Å²) < 4.78 is 30.2. The number of hydrogen-bond donors (Lipinski definition) is 0. The summed E-state index contributed by atoms with van der Waals surface area (Å²) in [5.74, 6) is 1.53. The molecule has 1 fully saturated rings. The van der Waals surface area contributed by atoms with E-state index in [4.69, 9.17) is 14.0 Å². The highest BCUT2D eigenvalue weighted by molar-refractivity contribution is 6.52. The summed E-state index contributed by atoms with van der Waals surface area (Å²) in [4.78, 5) is 3.97. The van der Waals surface area contributed by atoms with E-state index < -0.39 is 24.1 Å². The van der Waals surface area contributed by atoms with E-state index in [0.29, 0.717) is 5.56 Å². The lowest BCUT2D eigenvalue weighted by atomic mass is 9.89. The number of pyridine rings is 1. The lowest BCUT2D eigenvalue weighted by Crippen LogP contribution is -2.41. The number of ether oxygens (including phenoxy) is 1. The molecule has 0 unspecified atom stereocenters. The number of hydrogen-bond acceptors (Lipinski definition) is 4. The van der Waals surface area contributed by atoms with Gasteiger partial charge >= 0.3 is 7.12 Å². The second-order valence-electron chi connectivity index (χ2n) is 5.73. The van der Waals surface area contributed by atoms with Gasteiger partial charge in [-0.25, -0.2) is 9.37 Å². The third kappa shape index (κ3) is 2.86. The van der Waals surface area contributed by atoms with Crippen molar-refractivity contribution in [1.29, 1.82) is 0 Å². The summed E-state index contributed by atoms with van der Waals surface area (Å²) in [6.45, 7) is 7.87. The van der Waals surface area contributed by atoms with Crippen LogP contribution in [-0.2, 0) is 9.31 Å². The van der Waals surface area contributed by atoms with Crippen molar-refractivity contribution in [3.05, 3.63) is 29.6 Å². The molecule has 0 bridgehead atoms. The van der Waals surface area contributed by atoms with E-state index in [1.165, 1.54) is 19.4 Å². The average Bonchev–Trinajstić information content (AvgIpc) is 2.56. The summed E-state index contributed by atoms with van der Waals surface area (Å²) in [5.41, 5.74) is -0.447. The molecule has 1 aliphatic rings. The molecule has 1 aromatic heterocycles. The molecule has 0 spiro atoms. The van der Waals surface area contributed by atoms with Crippen LogP contribution < -0.4 is 4.74 Å². The molecule has 0 saturated carbocycles. The van der Waals surface area contributed by atoms with Crippen molar-refractivity contribution in [3.63, 3.8) is 0 Å². The van der Waals surface area contributed by atoms with Gasteiger partial charge in [0.25, 0.3) is 0 Å². The minimum atomic E-state index is -0.499. The van der Waals surface area contributed by atoms with Gasteiger partial charge in [0, 0.05) is 17.8 Å². The molecule has 1 aliphatic heterocycles. The zero-order valence-corrected chi connectivity index (χ0v) is 12.4. The molecule has 2 heterocycles. The van der Waals surface area contributed by atoms with Crippen LogP contribution in [0.2, 0.25) is 0 Å². The molecule has 1 aromatic rings. The predicted molar refractivity (Wildman–Crippen MR) is 75.9 cm³/mol. The van der Waals surface area contributed by atoms with Gasteiger partial charge < -0.3 is 14.0 Å². The maximum absolute atomic E-state index is 13.8. The summed E-state index contributed by atoms with van der Waals surface area (Å²) in [7, 11) is 0.947. The van der Waals surface area contributed by atoms with Crippen molar-refractivity contribution in [2.45, 2.75) is 38.9 Å². The quantitative estimate of drug-likeness (QED) is 0.798. The Bertz CT molecular complexity index is 515. The minimum Gasteiger partial charge on any atom is -0.481 e. The maximum Gasteiger partial charge on any atom is 0.487 e. The lowest BCUT2D eigenvalue weighted by molar-refractivity contribution is 0.00578. The highest BCUT2D eigenvalue weighted by Gasteiger charge is 2.49.